The van der Waals surface area contributed by atoms with Gasteiger partial charge in [-0.05, 0) is 43.7 Å². The normalized spacial score (nSPS) is 23.7. The molecule has 2 aliphatic rings. The monoisotopic (exact) mass is 409 g/mol. The van der Waals surface area contributed by atoms with Gasteiger partial charge in [0.2, 0.25) is 5.91 Å². The van der Waals surface area contributed by atoms with Crippen molar-refractivity contribution in [2.45, 2.75) is 32.1 Å². The molecule has 30 heavy (non-hydrogen) atoms. The molecule has 1 N–H and O–H groups in total. The van der Waals surface area contributed by atoms with Gasteiger partial charge in [0, 0.05) is 37.6 Å². The Labute approximate surface area is 178 Å². The molecule has 2 aromatic rings. The van der Waals surface area contributed by atoms with Crippen molar-refractivity contribution in [3.8, 4) is 0 Å². The van der Waals surface area contributed by atoms with Crippen molar-refractivity contribution in [1.82, 2.24) is 4.90 Å². The minimum atomic E-state index is -0.235. The first-order valence-electron chi connectivity index (χ1n) is 10.8. The van der Waals surface area contributed by atoms with Crippen LogP contribution in [0.5, 0.6) is 0 Å². The summed E-state index contributed by atoms with van der Waals surface area (Å²) < 4.78 is 11.5. The van der Waals surface area contributed by atoms with E-state index in [-0.39, 0.29) is 24.2 Å². The highest BCUT2D eigenvalue weighted by atomic mass is 16.5. The van der Waals surface area contributed by atoms with Gasteiger partial charge in [0.25, 0.3) is 0 Å². The predicted octanol–water partition coefficient (Wildman–Crippen LogP) is 3.31. The average Bonchev–Trinajstić information content (AvgIpc) is 2.80. The summed E-state index contributed by atoms with van der Waals surface area (Å²) >= 11 is 0. The Morgan fingerprint density at radius 1 is 1.03 bits per heavy atom. The van der Waals surface area contributed by atoms with Crippen LogP contribution in [-0.4, -0.2) is 62.3 Å². The van der Waals surface area contributed by atoms with E-state index < -0.39 is 0 Å². The number of hydrogen-bond acceptors (Lipinski definition) is 5. The van der Waals surface area contributed by atoms with E-state index in [1.165, 1.54) is 0 Å². The number of benzene rings is 2. The molecule has 1 amide bonds. The van der Waals surface area contributed by atoms with Gasteiger partial charge in [-0.1, -0.05) is 30.3 Å². The molecule has 2 aliphatic heterocycles. The van der Waals surface area contributed by atoms with Crippen LogP contribution >= 0.6 is 0 Å². The Hall–Kier alpha value is -2.41. The van der Waals surface area contributed by atoms with Crippen LogP contribution in [0.1, 0.15) is 25.5 Å². The molecule has 0 saturated carbocycles. The van der Waals surface area contributed by atoms with E-state index in [0.717, 1.165) is 49.8 Å². The molecular formula is C24H31N3O3. The van der Waals surface area contributed by atoms with Crippen LogP contribution in [0, 0.1) is 0 Å². The molecule has 2 fully saturated rings. The van der Waals surface area contributed by atoms with Gasteiger partial charge >= 0.3 is 0 Å². The topological polar surface area (TPSA) is 54.0 Å². The molecule has 3 atom stereocenters. The Bertz CT molecular complexity index is 821. The Morgan fingerprint density at radius 3 is 2.43 bits per heavy atom. The van der Waals surface area contributed by atoms with Crippen LogP contribution in [0.3, 0.4) is 0 Å². The fraction of sp³-hybridized carbons (Fsp3) is 0.458. The molecule has 2 saturated heterocycles. The van der Waals surface area contributed by atoms with Crippen LogP contribution in [-0.2, 0) is 14.3 Å². The number of nitrogens with zero attached hydrogens (tertiary/aromatic N) is 2. The zero-order valence-corrected chi connectivity index (χ0v) is 17.8. The highest BCUT2D eigenvalue weighted by molar-refractivity contribution is 5.94. The number of carbonyl (C=O) groups is 1. The molecule has 0 spiro atoms. The Kier molecular flexibility index (Phi) is 6.67. The van der Waals surface area contributed by atoms with E-state index in [0.29, 0.717) is 6.54 Å². The van der Waals surface area contributed by atoms with E-state index in [9.17, 15) is 4.79 Å². The Morgan fingerprint density at radius 2 is 1.73 bits per heavy atom. The number of nitrogens with one attached hydrogen (secondary N) is 1. The van der Waals surface area contributed by atoms with E-state index in [1.54, 1.807) is 0 Å². The molecule has 4 rings (SSSR count). The van der Waals surface area contributed by atoms with Crippen LogP contribution in [0.2, 0.25) is 0 Å². The SMILES string of the molecule is CC1CN(C(C)C(=O)Nc2ccc(N3CCOCC3)cc2)CC(c2ccccc2)O1. The van der Waals surface area contributed by atoms with E-state index in [2.05, 4.69) is 46.3 Å². The van der Waals surface area contributed by atoms with E-state index >= 15 is 0 Å². The van der Waals surface area contributed by atoms with Gasteiger partial charge in [0.1, 0.15) is 0 Å². The number of rotatable bonds is 5. The molecule has 0 radical (unpaired) electrons. The van der Waals surface area contributed by atoms with Gasteiger partial charge in [-0.2, -0.15) is 0 Å². The maximum absolute atomic E-state index is 12.9. The summed E-state index contributed by atoms with van der Waals surface area (Å²) in [4.78, 5) is 17.4. The lowest BCUT2D eigenvalue weighted by molar-refractivity contribution is -0.128. The molecule has 2 aromatic carbocycles. The van der Waals surface area contributed by atoms with Gasteiger partial charge in [-0.15, -0.1) is 0 Å². The minimum Gasteiger partial charge on any atom is -0.378 e. The van der Waals surface area contributed by atoms with Gasteiger partial charge in [-0.3, -0.25) is 9.69 Å². The van der Waals surface area contributed by atoms with Gasteiger partial charge in [0.05, 0.1) is 31.5 Å². The molecule has 2 heterocycles. The van der Waals surface area contributed by atoms with Gasteiger partial charge in [-0.25, -0.2) is 0 Å². The third kappa shape index (κ3) is 5.01. The largest absolute Gasteiger partial charge is 0.378 e. The number of amides is 1. The quantitative estimate of drug-likeness (QED) is 0.821. The van der Waals surface area contributed by atoms with E-state index in [4.69, 9.17) is 9.47 Å². The van der Waals surface area contributed by atoms with Crippen LogP contribution in [0.25, 0.3) is 0 Å². The minimum absolute atomic E-state index is 0.00929. The smallest absolute Gasteiger partial charge is 0.241 e. The molecule has 160 valence electrons. The molecule has 0 bridgehead atoms. The molecule has 0 aromatic heterocycles. The number of hydrogen-bond donors (Lipinski definition) is 1. The van der Waals surface area contributed by atoms with Crippen molar-refractivity contribution in [2.75, 3.05) is 49.6 Å². The molecule has 3 unspecified atom stereocenters. The number of carbonyl (C=O) groups excluding carboxylic acids is 1. The summed E-state index contributed by atoms with van der Waals surface area (Å²) in [5.74, 6) is 0.00929. The summed E-state index contributed by atoms with van der Waals surface area (Å²) in [6.07, 6.45) is 0.0602. The third-order valence-corrected chi connectivity index (χ3v) is 5.90. The second kappa shape index (κ2) is 9.60. The number of ether oxygens (including phenoxy) is 2. The lowest BCUT2D eigenvalue weighted by Gasteiger charge is -2.39. The van der Waals surface area contributed by atoms with E-state index in [1.807, 2.05) is 37.3 Å². The predicted molar refractivity (Wildman–Crippen MR) is 119 cm³/mol. The maximum Gasteiger partial charge on any atom is 0.241 e. The van der Waals surface area contributed by atoms with Gasteiger partial charge in [0.15, 0.2) is 0 Å². The van der Waals surface area contributed by atoms with Gasteiger partial charge < -0.3 is 19.7 Å². The highest BCUT2D eigenvalue weighted by Crippen LogP contribution is 2.27. The summed E-state index contributed by atoms with van der Waals surface area (Å²) in [5, 5.41) is 3.07. The zero-order valence-electron chi connectivity index (χ0n) is 17.8. The second-order valence-electron chi connectivity index (χ2n) is 8.11. The summed E-state index contributed by atoms with van der Waals surface area (Å²) in [5.41, 5.74) is 3.14. The first kappa shape index (κ1) is 20.8. The number of morpholine rings is 2. The second-order valence-corrected chi connectivity index (χ2v) is 8.11. The third-order valence-electron chi connectivity index (χ3n) is 5.90. The first-order chi connectivity index (χ1) is 14.6. The van der Waals surface area contributed by atoms with Crippen molar-refractivity contribution in [3.05, 3.63) is 60.2 Å². The first-order valence-corrected chi connectivity index (χ1v) is 10.8. The van der Waals surface area contributed by atoms with Crippen molar-refractivity contribution >= 4 is 17.3 Å². The van der Waals surface area contributed by atoms with Crippen LogP contribution < -0.4 is 10.2 Å². The molecule has 0 aliphatic carbocycles. The average molecular weight is 410 g/mol. The standard InChI is InChI=1S/C24H31N3O3/c1-18-16-27(17-23(30-18)20-6-4-3-5-7-20)19(2)24(28)25-21-8-10-22(11-9-21)26-12-14-29-15-13-26/h3-11,18-19,23H,12-17H2,1-2H3,(H,25,28). The van der Waals surface area contributed by atoms with Crippen LogP contribution in [0.4, 0.5) is 11.4 Å². The molecule has 6 nitrogen and oxygen atoms in total. The lowest BCUT2D eigenvalue weighted by atomic mass is 10.1. The zero-order chi connectivity index (χ0) is 20.9. The maximum atomic E-state index is 12.9. The molecule has 6 heteroatoms. The fourth-order valence-corrected chi connectivity index (χ4v) is 4.14. The Balaban J connectivity index is 1.36. The highest BCUT2D eigenvalue weighted by Gasteiger charge is 2.31. The summed E-state index contributed by atoms with van der Waals surface area (Å²) in [6, 6.07) is 18.1. The fourth-order valence-electron chi connectivity index (χ4n) is 4.14. The number of anilines is 2. The summed E-state index contributed by atoms with van der Waals surface area (Å²) in [7, 11) is 0. The van der Waals surface area contributed by atoms with Crippen molar-refractivity contribution < 1.29 is 14.3 Å². The molecular weight excluding hydrogens is 378 g/mol. The lowest BCUT2D eigenvalue weighted by Crippen LogP contribution is -2.51. The van der Waals surface area contributed by atoms with Crippen molar-refractivity contribution in [2.24, 2.45) is 0 Å². The van der Waals surface area contributed by atoms with Crippen molar-refractivity contribution in [1.29, 1.82) is 0 Å². The van der Waals surface area contributed by atoms with Crippen LogP contribution in [0.15, 0.2) is 54.6 Å². The summed E-state index contributed by atoms with van der Waals surface area (Å²) in [6.45, 7) is 8.82. The van der Waals surface area contributed by atoms with Crippen molar-refractivity contribution in [3.63, 3.8) is 0 Å².